The van der Waals surface area contributed by atoms with E-state index in [1.807, 2.05) is 12.3 Å². The first-order valence-corrected chi connectivity index (χ1v) is 19.3. The SMILES string of the molecule is CCCCCCCCCCCCCCCCc1cc(CCCCCCCCCCCCCCCC)n(-c2ccccn2)n1. The highest BCUT2D eigenvalue weighted by atomic mass is 15.3. The van der Waals surface area contributed by atoms with Gasteiger partial charge in [0.1, 0.15) is 0 Å². The molecule has 0 radical (unpaired) electrons. The highest BCUT2D eigenvalue weighted by Crippen LogP contribution is 2.19. The molecule has 0 atom stereocenters. The van der Waals surface area contributed by atoms with Gasteiger partial charge in [0, 0.05) is 11.9 Å². The topological polar surface area (TPSA) is 30.7 Å². The molecule has 0 aliphatic rings. The molecule has 0 N–H and O–H groups in total. The van der Waals surface area contributed by atoms with Crippen LogP contribution in [0.5, 0.6) is 0 Å². The van der Waals surface area contributed by atoms with Gasteiger partial charge in [-0.15, -0.1) is 0 Å². The number of rotatable bonds is 31. The fourth-order valence-electron chi connectivity index (χ4n) is 6.45. The molecule has 3 heteroatoms. The Morgan fingerprint density at radius 3 is 1.26 bits per heavy atom. The molecule has 2 aromatic heterocycles. The van der Waals surface area contributed by atoms with Crippen molar-refractivity contribution >= 4 is 0 Å². The third-order valence-electron chi connectivity index (χ3n) is 9.27. The molecule has 2 heterocycles. The number of unbranched alkanes of at least 4 members (excludes halogenated alkanes) is 26. The molecule has 0 saturated heterocycles. The Balaban J connectivity index is 1.54. The summed E-state index contributed by atoms with van der Waals surface area (Å²) in [7, 11) is 0. The summed E-state index contributed by atoms with van der Waals surface area (Å²) in [6.45, 7) is 4.60. The third-order valence-corrected chi connectivity index (χ3v) is 9.27. The zero-order valence-corrected chi connectivity index (χ0v) is 28.9. The van der Waals surface area contributed by atoms with E-state index in [9.17, 15) is 0 Å². The maximum absolute atomic E-state index is 5.02. The molecule has 2 aromatic rings. The molecule has 0 bridgehead atoms. The first-order valence-electron chi connectivity index (χ1n) is 19.3. The number of hydrogen-bond donors (Lipinski definition) is 0. The van der Waals surface area contributed by atoms with Crippen molar-refractivity contribution in [2.24, 2.45) is 0 Å². The van der Waals surface area contributed by atoms with Crippen molar-refractivity contribution in [1.29, 1.82) is 0 Å². The van der Waals surface area contributed by atoms with Gasteiger partial charge in [-0.05, 0) is 43.9 Å². The van der Waals surface area contributed by atoms with Gasteiger partial charge < -0.3 is 0 Å². The van der Waals surface area contributed by atoms with Gasteiger partial charge in [-0.1, -0.05) is 187 Å². The quantitative estimate of drug-likeness (QED) is 0.0814. The number of pyridine rings is 1. The van der Waals surface area contributed by atoms with E-state index < -0.39 is 0 Å². The van der Waals surface area contributed by atoms with Crippen molar-refractivity contribution in [1.82, 2.24) is 14.8 Å². The predicted molar refractivity (Wildman–Crippen MR) is 189 cm³/mol. The van der Waals surface area contributed by atoms with E-state index in [1.54, 1.807) is 0 Å². The van der Waals surface area contributed by atoms with Crippen LogP contribution in [-0.2, 0) is 12.8 Å². The van der Waals surface area contributed by atoms with Gasteiger partial charge in [-0.25, -0.2) is 9.67 Å². The summed E-state index contributed by atoms with van der Waals surface area (Å²) in [6, 6.07) is 8.54. The summed E-state index contributed by atoms with van der Waals surface area (Å²) in [5, 5.41) is 5.02. The summed E-state index contributed by atoms with van der Waals surface area (Å²) < 4.78 is 2.13. The second-order valence-electron chi connectivity index (χ2n) is 13.4. The van der Waals surface area contributed by atoms with Crippen LogP contribution in [0.1, 0.15) is 205 Å². The second kappa shape index (κ2) is 27.9. The monoisotopic (exact) mass is 594 g/mol. The minimum atomic E-state index is 0.968. The highest BCUT2D eigenvalue weighted by molar-refractivity contribution is 5.26. The summed E-state index contributed by atoms with van der Waals surface area (Å²) in [5.41, 5.74) is 2.60. The first-order chi connectivity index (χ1) is 21.3. The Labute approximate surface area is 268 Å². The molecule has 0 saturated carbocycles. The standard InChI is InChI=1S/C40H71N3/c1-3-5-7-9-11-13-15-17-19-21-23-25-27-29-33-38-37-39(43(42-38)40-35-31-32-36-41-40)34-30-28-26-24-22-20-18-16-14-12-10-8-6-4-2/h31-32,35-37H,3-30,33-34H2,1-2H3. The lowest BCUT2D eigenvalue weighted by atomic mass is 10.0. The van der Waals surface area contributed by atoms with Crippen LogP contribution in [0.15, 0.2) is 30.5 Å². The Morgan fingerprint density at radius 2 is 0.860 bits per heavy atom. The van der Waals surface area contributed by atoms with Crippen molar-refractivity contribution < 1.29 is 0 Å². The summed E-state index contributed by atoms with van der Waals surface area (Å²) >= 11 is 0. The number of nitrogens with zero attached hydrogens (tertiary/aromatic N) is 3. The Hall–Kier alpha value is -1.64. The Bertz CT molecular complexity index is 843. The minimum absolute atomic E-state index is 0.968. The maximum atomic E-state index is 5.02. The molecule has 0 amide bonds. The van der Waals surface area contributed by atoms with E-state index in [2.05, 4.69) is 41.7 Å². The van der Waals surface area contributed by atoms with Crippen molar-refractivity contribution in [2.45, 2.75) is 206 Å². The molecule has 0 aliphatic carbocycles. The van der Waals surface area contributed by atoms with Crippen LogP contribution in [-0.4, -0.2) is 14.8 Å². The normalized spacial score (nSPS) is 11.5. The van der Waals surface area contributed by atoms with Crippen molar-refractivity contribution in [3.05, 3.63) is 41.9 Å². The lowest BCUT2D eigenvalue weighted by Gasteiger charge is -2.06. The zero-order valence-electron chi connectivity index (χ0n) is 28.9. The van der Waals surface area contributed by atoms with Crippen LogP contribution in [0, 0.1) is 0 Å². The van der Waals surface area contributed by atoms with E-state index in [4.69, 9.17) is 5.10 Å². The molecular weight excluding hydrogens is 522 g/mol. The largest absolute Gasteiger partial charge is 0.237 e. The Morgan fingerprint density at radius 1 is 0.465 bits per heavy atom. The molecular formula is C40H71N3. The van der Waals surface area contributed by atoms with Crippen LogP contribution in [0.4, 0.5) is 0 Å². The summed E-state index contributed by atoms with van der Waals surface area (Å²) in [5.74, 6) is 0.968. The van der Waals surface area contributed by atoms with E-state index in [1.165, 1.54) is 191 Å². The van der Waals surface area contributed by atoms with Gasteiger partial charge in [0.2, 0.25) is 0 Å². The van der Waals surface area contributed by atoms with E-state index in [-0.39, 0.29) is 0 Å². The summed E-state index contributed by atoms with van der Waals surface area (Å²) in [6.07, 6.45) is 43.5. The fraction of sp³-hybridized carbons (Fsp3) is 0.800. The van der Waals surface area contributed by atoms with Crippen LogP contribution >= 0.6 is 0 Å². The number of aryl methyl sites for hydroxylation is 2. The average molecular weight is 594 g/mol. The zero-order chi connectivity index (χ0) is 30.5. The van der Waals surface area contributed by atoms with Crippen LogP contribution in [0.2, 0.25) is 0 Å². The van der Waals surface area contributed by atoms with Crippen LogP contribution < -0.4 is 0 Å². The maximum Gasteiger partial charge on any atom is 0.153 e. The molecule has 0 unspecified atom stereocenters. The van der Waals surface area contributed by atoms with E-state index >= 15 is 0 Å². The van der Waals surface area contributed by atoms with Gasteiger partial charge in [-0.2, -0.15) is 5.10 Å². The lowest BCUT2D eigenvalue weighted by molar-refractivity contribution is 0.534. The van der Waals surface area contributed by atoms with Crippen molar-refractivity contribution in [3.8, 4) is 5.82 Å². The molecule has 43 heavy (non-hydrogen) atoms. The van der Waals surface area contributed by atoms with Gasteiger partial charge in [0.25, 0.3) is 0 Å². The van der Waals surface area contributed by atoms with E-state index in [0.717, 1.165) is 18.7 Å². The molecule has 3 nitrogen and oxygen atoms in total. The minimum Gasteiger partial charge on any atom is -0.237 e. The number of hydrogen-bond acceptors (Lipinski definition) is 2. The summed E-state index contributed by atoms with van der Waals surface area (Å²) in [4.78, 5) is 4.61. The van der Waals surface area contributed by atoms with Gasteiger partial charge >= 0.3 is 0 Å². The highest BCUT2D eigenvalue weighted by Gasteiger charge is 2.10. The molecule has 0 aliphatic heterocycles. The second-order valence-corrected chi connectivity index (χ2v) is 13.4. The number of aromatic nitrogens is 3. The van der Waals surface area contributed by atoms with Crippen molar-refractivity contribution in [2.75, 3.05) is 0 Å². The first kappa shape index (κ1) is 37.5. The third kappa shape index (κ3) is 20.1. The molecule has 246 valence electrons. The van der Waals surface area contributed by atoms with Gasteiger partial charge in [0.05, 0.1) is 5.69 Å². The van der Waals surface area contributed by atoms with Gasteiger partial charge in [-0.3, -0.25) is 0 Å². The lowest BCUT2D eigenvalue weighted by Crippen LogP contribution is -2.04. The molecule has 0 spiro atoms. The molecule has 0 fully saturated rings. The van der Waals surface area contributed by atoms with Crippen molar-refractivity contribution in [3.63, 3.8) is 0 Å². The average Bonchev–Trinajstić information content (AvgIpc) is 3.44. The molecule has 0 aromatic carbocycles. The van der Waals surface area contributed by atoms with Crippen LogP contribution in [0.3, 0.4) is 0 Å². The van der Waals surface area contributed by atoms with Gasteiger partial charge in [0.15, 0.2) is 5.82 Å². The predicted octanol–water partition coefficient (Wildman–Crippen LogP) is 13.3. The Kier molecular flexibility index (Phi) is 24.3. The van der Waals surface area contributed by atoms with Crippen LogP contribution in [0.25, 0.3) is 5.82 Å². The fourth-order valence-corrected chi connectivity index (χ4v) is 6.45. The molecule has 2 rings (SSSR count). The van der Waals surface area contributed by atoms with E-state index in [0.29, 0.717) is 0 Å². The smallest absolute Gasteiger partial charge is 0.153 e.